The number of hydrogen-bond acceptors (Lipinski definition) is 2. The number of nitrogens with zero attached hydrogens (tertiary/aromatic N) is 1. The van der Waals surface area contributed by atoms with Gasteiger partial charge in [0.25, 0.3) is 0 Å². The summed E-state index contributed by atoms with van der Waals surface area (Å²) in [6, 6.07) is 0.867. The summed E-state index contributed by atoms with van der Waals surface area (Å²) in [5.74, 6) is -0.0442. The van der Waals surface area contributed by atoms with Crippen LogP contribution in [0.3, 0.4) is 0 Å². The third-order valence-electron chi connectivity index (χ3n) is 3.62. The second kappa shape index (κ2) is 5.67. The van der Waals surface area contributed by atoms with Crippen LogP contribution in [-0.4, -0.2) is 11.0 Å². The molecule has 0 aromatic carbocycles. The van der Waals surface area contributed by atoms with Crippen LogP contribution in [0, 0.1) is 0 Å². The Labute approximate surface area is 115 Å². The molecule has 2 rings (SSSR count). The van der Waals surface area contributed by atoms with Crippen molar-refractivity contribution in [2.24, 2.45) is 5.73 Å². The topological polar surface area (TPSA) is 38.9 Å². The molecule has 1 aromatic rings. The van der Waals surface area contributed by atoms with Gasteiger partial charge in [0.2, 0.25) is 0 Å². The summed E-state index contributed by atoms with van der Waals surface area (Å²) >= 11 is 5.97. The molecule has 0 saturated heterocycles. The molecule has 1 aliphatic carbocycles. The van der Waals surface area contributed by atoms with Gasteiger partial charge in [-0.1, -0.05) is 30.9 Å². The van der Waals surface area contributed by atoms with Gasteiger partial charge in [-0.15, -0.1) is 0 Å². The molecule has 0 radical (unpaired) electrons. The molecule has 19 heavy (non-hydrogen) atoms. The van der Waals surface area contributed by atoms with E-state index in [1.165, 1.54) is 0 Å². The van der Waals surface area contributed by atoms with E-state index in [0.717, 1.165) is 44.4 Å². The van der Waals surface area contributed by atoms with Crippen LogP contribution in [0.25, 0.3) is 0 Å². The predicted octanol–water partition coefficient (Wildman–Crippen LogP) is 4.13. The van der Waals surface area contributed by atoms with Gasteiger partial charge in [0.15, 0.2) is 0 Å². The Morgan fingerprint density at radius 2 is 1.89 bits per heavy atom. The van der Waals surface area contributed by atoms with Gasteiger partial charge in [0, 0.05) is 18.2 Å². The molecule has 1 aliphatic rings. The summed E-state index contributed by atoms with van der Waals surface area (Å²) in [6.07, 6.45) is 1.29. The standard InChI is InChI=1S/C13H16ClF3N2/c14-10-6-8(13(15,16)17)7-19-12(10)9-4-2-1-3-5-11(9)18/h6-7,9,11H,1-5,18H2. The third-order valence-corrected chi connectivity index (χ3v) is 3.92. The zero-order valence-electron chi connectivity index (χ0n) is 10.4. The van der Waals surface area contributed by atoms with E-state index in [1.807, 2.05) is 0 Å². The van der Waals surface area contributed by atoms with E-state index >= 15 is 0 Å². The predicted molar refractivity (Wildman–Crippen MR) is 68.1 cm³/mol. The van der Waals surface area contributed by atoms with Gasteiger partial charge >= 0.3 is 6.18 Å². The lowest BCUT2D eigenvalue weighted by molar-refractivity contribution is -0.137. The molecule has 2 nitrogen and oxygen atoms in total. The lowest BCUT2D eigenvalue weighted by atomic mass is 9.91. The molecule has 6 heteroatoms. The molecular formula is C13H16ClF3N2. The lowest BCUT2D eigenvalue weighted by Gasteiger charge is -2.22. The fourth-order valence-corrected chi connectivity index (χ4v) is 2.86. The highest BCUT2D eigenvalue weighted by atomic mass is 35.5. The molecule has 2 N–H and O–H groups in total. The number of nitrogens with two attached hydrogens (primary N) is 1. The minimum atomic E-state index is -4.42. The van der Waals surface area contributed by atoms with Crippen molar-refractivity contribution >= 4 is 11.6 Å². The first kappa shape index (κ1) is 14.6. The van der Waals surface area contributed by atoms with Gasteiger partial charge in [-0.2, -0.15) is 13.2 Å². The van der Waals surface area contributed by atoms with Crippen LogP contribution in [0.15, 0.2) is 12.3 Å². The minimum Gasteiger partial charge on any atom is -0.327 e. The number of aromatic nitrogens is 1. The number of alkyl halides is 3. The molecule has 1 aromatic heterocycles. The normalized spacial score (nSPS) is 25.1. The van der Waals surface area contributed by atoms with E-state index in [0.29, 0.717) is 5.69 Å². The summed E-state index contributed by atoms with van der Waals surface area (Å²) in [5.41, 5.74) is 5.77. The molecule has 0 spiro atoms. The highest BCUT2D eigenvalue weighted by molar-refractivity contribution is 6.31. The second-order valence-corrected chi connectivity index (χ2v) is 5.40. The van der Waals surface area contributed by atoms with Gasteiger partial charge < -0.3 is 5.73 Å². The fourth-order valence-electron chi connectivity index (χ4n) is 2.55. The van der Waals surface area contributed by atoms with E-state index in [2.05, 4.69) is 4.98 Å². The van der Waals surface area contributed by atoms with Crippen molar-refractivity contribution < 1.29 is 13.2 Å². The summed E-state index contributed by atoms with van der Waals surface area (Å²) < 4.78 is 37.7. The Balaban J connectivity index is 2.29. The van der Waals surface area contributed by atoms with Crippen LogP contribution in [0.2, 0.25) is 5.02 Å². The van der Waals surface area contributed by atoms with Crippen LogP contribution in [0.5, 0.6) is 0 Å². The second-order valence-electron chi connectivity index (χ2n) is 5.00. The minimum absolute atomic E-state index is 0.0442. The average Bonchev–Trinajstić information content (AvgIpc) is 2.53. The molecule has 0 aliphatic heterocycles. The zero-order valence-corrected chi connectivity index (χ0v) is 11.1. The van der Waals surface area contributed by atoms with Gasteiger partial charge in [-0.05, 0) is 18.9 Å². The van der Waals surface area contributed by atoms with Crippen molar-refractivity contribution in [2.45, 2.75) is 50.2 Å². The molecule has 1 heterocycles. The van der Waals surface area contributed by atoms with Crippen LogP contribution in [0.4, 0.5) is 13.2 Å². The maximum absolute atomic E-state index is 12.6. The Bertz CT molecular complexity index is 448. The fraction of sp³-hybridized carbons (Fsp3) is 0.615. The molecule has 2 atom stereocenters. The molecular weight excluding hydrogens is 277 g/mol. The van der Waals surface area contributed by atoms with E-state index < -0.39 is 11.7 Å². The van der Waals surface area contributed by atoms with Gasteiger partial charge in [-0.3, -0.25) is 4.98 Å². The van der Waals surface area contributed by atoms with E-state index in [1.54, 1.807) is 0 Å². The Kier molecular flexibility index (Phi) is 4.36. The van der Waals surface area contributed by atoms with Crippen molar-refractivity contribution in [3.05, 3.63) is 28.5 Å². The number of halogens is 4. The van der Waals surface area contributed by atoms with Crippen molar-refractivity contribution in [2.75, 3.05) is 0 Å². The molecule has 0 amide bonds. The maximum Gasteiger partial charge on any atom is 0.417 e. The Morgan fingerprint density at radius 3 is 2.53 bits per heavy atom. The first-order valence-corrected chi connectivity index (χ1v) is 6.75. The SMILES string of the molecule is NC1CCCCCC1c1ncc(C(F)(F)F)cc1Cl. The highest BCUT2D eigenvalue weighted by Gasteiger charge is 2.33. The number of hydrogen-bond donors (Lipinski definition) is 1. The van der Waals surface area contributed by atoms with Crippen LogP contribution in [0.1, 0.15) is 49.3 Å². The number of pyridine rings is 1. The molecule has 1 fully saturated rings. The average molecular weight is 293 g/mol. The highest BCUT2D eigenvalue weighted by Crippen LogP contribution is 2.36. The van der Waals surface area contributed by atoms with Crippen molar-refractivity contribution in [3.63, 3.8) is 0 Å². The van der Waals surface area contributed by atoms with E-state index in [-0.39, 0.29) is 17.0 Å². The van der Waals surface area contributed by atoms with Crippen molar-refractivity contribution in [1.29, 1.82) is 0 Å². The smallest absolute Gasteiger partial charge is 0.327 e. The van der Waals surface area contributed by atoms with Crippen molar-refractivity contribution in [1.82, 2.24) is 4.98 Å². The lowest BCUT2D eigenvalue weighted by Crippen LogP contribution is -2.28. The summed E-state index contributed by atoms with van der Waals surface area (Å²) in [7, 11) is 0. The third kappa shape index (κ3) is 3.39. The molecule has 2 unspecified atom stereocenters. The summed E-state index contributed by atoms with van der Waals surface area (Å²) in [6.45, 7) is 0. The van der Waals surface area contributed by atoms with Gasteiger partial charge in [0.05, 0.1) is 16.3 Å². The molecule has 1 saturated carbocycles. The zero-order chi connectivity index (χ0) is 14.0. The van der Waals surface area contributed by atoms with E-state index in [9.17, 15) is 13.2 Å². The quantitative estimate of drug-likeness (QED) is 0.791. The maximum atomic E-state index is 12.6. The largest absolute Gasteiger partial charge is 0.417 e. The number of rotatable bonds is 1. The van der Waals surface area contributed by atoms with Crippen molar-refractivity contribution in [3.8, 4) is 0 Å². The van der Waals surface area contributed by atoms with Gasteiger partial charge in [0.1, 0.15) is 0 Å². The van der Waals surface area contributed by atoms with Gasteiger partial charge in [-0.25, -0.2) is 0 Å². The molecule has 0 bridgehead atoms. The summed E-state index contributed by atoms with van der Waals surface area (Å²) in [5, 5.41) is 0.0668. The van der Waals surface area contributed by atoms with Crippen LogP contribution < -0.4 is 5.73 Å². The first-order valence-electron chi connectivity index (χ1n) is 6.38. The van der Waals surface area contributed by atoms with Crippen LogP contribution in [-0.2, 0) is 6.18 Å². The first-order chi connectivity index (χ1) is 8.89. The van der Waals surface area contributed by atoms with Crippen LogP contribution >= 0.6 is 11.6 Å². The Hall–Kier alpha value is -0.810. The van der Waals surface area contributed by atoms with E-state index in [4.69, 9.17) is 17.3 Å². The monoisotopic (exact) mass is 292 g/mol. The Morgan fingerprint density at radius 1 is 1.21 bits per heavy atom. The molecule has 106 valence electrons. The summed E-state index contributed by atoms with van der Waals surface area (Å²) in [4.78, 5) is 3.93.